The van der Waals surface area contributed by atoms with Gasteiger partial charge in [0, 0.05) is 0 Å². The molecule has 0 aliphatic heterocycles. The van der Waals surface area contributed by atoms with Crippen molar-refractivity contribution in [2.24, 2.45) is 0 Å². The van der Waals surface area contributed by atoms with Gasteiger partial charge in [0.25, 0.3) is 0 Å². The Balaban J connectivity index is 4.49. The lowest BCUT2D eigenvalue weighted by Crippen LogP contribution is -2.49. The van der Waals surface area contributed by atoms with Gasteiger partial charge in [-0.25, -0.2) is 9.52 Å². The fraction of sp³-hybridized carbons (Fsp3) is 0.600. The maximum atomic E-state index is 11.0. The predicted octanol–water partition coefficient (Wildman–Crippen LogP) is -2.38. The van der Waals surface area contributed by atoms with Crippen LogP contribution >= 0.6 is 0 Å². The van der Waals surface area contributed by atoms with E-state index in [1.807, 2.05) is 0 Å². The Hall–Kier alpha value is -1.39. The second-order valence-electron chi connectivity index (χ2n) is 2.29. The van der Waals surface area contributed by atoms with Crippen molar-refractivity contribution in [2.45, 2.75) is 6.04 Å². The highest BCUT2D eigenvalue weighted by molar-refractivity contribution is 7.88. The van der Waals surface area contributed by atoms with Crippen LogP contribution in [0.2, 0.25) is 0 Å². The van der Waals surface area contributed by atoms with Gasteiger partial charge in [-0.05, 0) is 0 Å². The number of nitrogens with one attached hydrogen (secondary N) is 2. The summed E-state index contributed by atoms with van der Waals surface area (Å²) >= 11 is 0. The molecule has 0 saturated heterocycles. The van der Waals surface area contributed by atoms with E-state index in [0.717, 1.165) is 7.11 Å². The van der Waals surface area contributed by atoms with Crippen LogP contribution < -0.4 is 9.44 Å². The fourth-order valence-corrected chi connectivity index (χ4v) is 1.45. The Kier molecular flexibility index (Phi) is 4.97. The van der Waals surface area contributed by atoms with Crippen molar-refractivity contribution in [1.82, 2.24) is 9.44 Å². The fourth-order valence-electron chi connectivity index (χ4n) is 0.534. The number of rotatable bonds is 5. The Morgan fingerprint density at radius 1 is 1.47 bits per heavy atom. The minimum atomic E-state index is -4.36. The number of aliphatic carboxylic acids is 1. The molecule has 0 bridgehead atoms. The molecular weight excluding hydrogens is 232 g/mol. The summed E-state index contributed by atoms with van der Waals surface area (Å²) in [6, 6.07) is -1.73. The molecule has 4 N–H and O–H groups in total. The van der Waals surface area contributed by atoms with E-state index >= 15 is 0 Å². The summed E-state index contributed by atoms with van der Waals surface area (Å²) in [6.07, 6.45) is -1.27. The number of ether oxygens (including phenoxy) is 1. The summed E-state index contributed by atoms with van der Waals surface area (Å²) in [4.78, 5) is 20.8. The number of carboxylic acid groups (broad SMARTS) is 1. The zero-order chi connectivity index (χ0) is 12.1. The molecule has 0 spiro atoms. The number of carbonyl (C=O) groups is 2. The molecule has 0 aromatic rings. The number of carbonyl (C=O) groups excluding carboxylic acids is 1. The van der Waals surface area contributed by atoms with Gasteiger partial charge in [0.1, 0.15) is 6.04 Å². The van der Waals surface area contributed by atoms with Crippen molar-refractivity contribution in [2.75, 3.05) is 13.7 Å². The van der Waals surface area contributed by atoms with Crippen LogP contribution in [0.15, 0.2) is 0 Å². The van der Waals surface area contributed by atoms with Crippen molar-refractivity contribution in [1.29, 1.82) is 0 Å². The smallest absolute Gasteiger partial charge is 0.421 e. The van der Waals surface area contributed by atoms with Gasteiger partial charge < -0.3 is 14.9 Å². The van der Waals surface area contributed by atoms with Crippen molar-refractivity contribution in [3.8, 4) is 0 Å². The Bertz CT molecular complexity index is 337. The molecule has 0 aliphatic rings. The molecule has 0 saturated carbocycles. The van der Waals surface area contributed by atoms with E-state index in [2.05, 4.69) is 4.74 Å². The Morgan fingerprint density at radius 3 is 2.33 bits per heavy atom. The molecule has 88 valence electrons. The summed E-state index contributed by atoms with van der Waals surface area (Å²) in [6.45, 7) is -0.947. The highest BCUT2D eigenvalue weighted by Crippen LogP contribution is 1.87. The second kappa shape index (κ2) is 5.48. The molecule has 0 aromatic carbocycles. The predicted molar refractivity (Wildman–Crippen MR) is 46.1 cm³/mol. The van der Waals surface area contributed by atoms with Crippen LogP contribution in [-0.2, 0) is 19.7 Å². The van der Waals surface area contributed by atoms with E-state index in [9.17, 15) is 18.0 Å². The average molecular weight is 242 g/mol. The van der Waals surface area contributed by atoms with Crippen molar-refractivity contribution in [3.05, 3.63) is 0 Å². The summed E-state index contributed by atoms with van der Waals surface area (Å²) in [5.74, 6) is -1.58. The number of hydrogen-bond donors (Lipinski definition) is 4. The Morgan fingerprint density at radius 2 is 2.00 bits per heavy atom. The SMILES string of the molecule is COC(=O)NS(=O)(=O)NC(CO)C(=O)O. The maximum Gasteiger partial charge on any atom is 0.421 e. The number of aliphatic hydroxyl groups excluding tert-OH is 1. The molecule has 0 aromatic heterocycles. The van der Waals surface area contributed by atoms with Gasteiger partial charge in [0.05, 0.1) is 13.7 Å². The van der Waals surface area contributed by atoms with Gasteiger partial charge in [-0.1, -0.05) is 0 Å². The third-order valence-electron chi connectivity index (χ3n) is 1.18. The molecule has 1 unspecified atom stereocenters. The van der Waals surface area contributed by atoms with E-state index in [1.165, 1.54) is 9.44 Å². The lowest BCUT2D eigenvalue weighted by Gasteiger charge is -2.11. The third kappa shape index (κ3) is 5.15. The summed E-state index contributed by atoms with van der Waals surface area (Å²) in [7, 11) is -3.43. The molecule has 9 nitrogen and oxygen atoms in total. The lowest BCUT2D eigenvalue weighted by molar-refractivity contribution is -0.139. The van der Waals surface area contributed by atoms with Gasteiger partial charge in [-0.3, -0.25) is 4.79 Å². The molecule has 15 heavy (non-hydrogen) atoms. The first kappa shape index (κ1) is 13.6. The van der Waals surface area contributed by atoms with Gasteiger partial charge >= 0.3 is 22.3 Å². The normalized spacial score (nSPS) is 12.9. The van der Waals surface area contributed by atoms with Crippen LogP contribution in [0.5, 0.6) is 0 Å². The summed E-state index contributed by atoms with van der Waals surface area (Å²) < 4.78 is 28.8. The molecule has 0 radical (unpaired) electrons. The van der Waals surface area contributed by atoms with E-state index in [1.54, 1.807) is 0 Å². The van der Waals surface area contributed by atoms with E-state index in [4.69, 9.17) is 10.2 Å². The average Bonchev–Trinajstić information content (AvgIpc) is 2.13. The highest BCUT2D eigenvalue weighted by atomic mass is 32.2. The number of carboxylic acids is 1. The van der Waals surface area contributed by atoms with Crippen LogP contribution in [0.3, 0.4) is 0 Å². The molecule has 1 amide bonds. The molecule has 10 heteroatoms. The van der Waals surface area contributed by atoms with Crippen LogP contribution in [0.25, 0.3) is 0 Å². The second-order valence-corrected chi connectivity index (χ2v) is 3.74. The molecule has 0 fully saturated rings. The van der Waals surface area contributed by atoms with Gasteiger partial charge in [-0.2, -0.15) is 13.1 Å². The molecule has 0 rings (SSSR count). The molecule has 1 atom stereocenters. The first-order valence-corrected chi connectivity index (χ1v) is 5.02. The van der Waals surface area contributed by atoms with Crippen LogP contribution in [0.4, 0.5) is 4.79 Å². The summed E-state index contributed by atoms with van der Waals surface area (Å²) in [5.41, 5.74) is 0. The molecule has 0 aliphatic carbocycles. The number of amides is 1. The van der Waals surface area contributed by atoms with Crippen LogP contribution in [0.1, 0.15) is 0 Å². The van der Waals surface area contributed by atoms with E-state index in [-0.39, 0.29) is 0 Å². The number of aliphatic hydroxyl groups is 1. The molecular formula is C5H10N2O7S. The van der Waals surface area contributed by atoms with Gasteiger partial charge in [-0.15, -0.1) is 0 Å². The highest BCUT2D eigenvalue weighted by Gasteiger charge is 2.24. The third-order valence-corrected chi connectivity index (χ3v) is 2.21. The zero-order valence-corrected chi connectivity index (χ0v) is 8.44. The quantitative estimate of drug-likeness (QED) is 0.421. The number of methoxy groups -OCH3 is 1. The summed E-state index contributed by atoms with van der Waals surface area (Å²) in [5, 5.41) is 16.9. The first-order chi connectivity index (χ1) is 6.82. The van der Waals surface area contributed by atoms with Gasteiger partial charge in [0.15, 0.2) is 0 Å². The Labute approximate surface area is 85.2 Å². The largest absolute Gasteiger partial charge is 0.480 e. The van der Waals surface area contributed by atoms with E-state index in [0.29, 0.717) is 0 Å². The standard InChI is InChI=1S/C5H10N2O7S/c1-14-5(11)7-15(12,13)6-3(2-8)4(9)10/h3,6,8H,2H2,1H3,(H,7,11)(H,9,10). The van der Waals surface area contributed by atoms with Crippen LogP contribution in [-0.4, -0.2) is 50.5 Å². The lowest BCUT2D eigenvalue weighted by atomic mass is 10.3. The zero-order valence-electron chi connectivity index (χ0n) is 7.63. The van der Waals surface area contributed by atoms with Gasteiger partial charge in [0.2, 0.25) is 0 Å². The topological polar surface area (TPSA) is 142 Å². The van der Waals surface area contributed by atoms with Crippen molar-refractivity contribution < 1.29 is 33.0 Å². The minimum absolute atomic E-state index is 0.936. The first-order valence-electron chi connectivity index (χ1n) is 3.54. The van der Waals surface area contributed by atoms with Crippen LogP contribution in [0, 0.1) is 0 Å². The monoisotopic (exact) mass is 242 g/mol. The number of hydrogen-bond acceptors (Lipinski definition) is 6. The molecule has 0 heterocycles. The van der Waals surface area contributed by atoms with E-state index < -0.39 is 34.9 Å². The minimum Gasteiger partial charge on any atom is -0.480 e. The van der Waals surface area contributed by atoms with Crippen molar-refractivity contribution in [3.63, 3.8) is 0 Å². The van der Waals surface area contributed by atoms with Crippen molar-refractivity contribution >= 4 is 22.3 Å². The maximum absolute atomic E-state index is 11.0.